The van der Waals surface area contributed by atoms with Crippen LogP contribution in [-0.2, 0) is 9.59 Å². The Morgan fingerprint density at radius 1 is 1.30 bits per heavy atom. The first kappa shape index (κ1) is 14.4. The molecule has 0 bridgehead atoms. The number of carbonyl (C=O) groups is 3. The molecule has 0 aliphatic carbocycles. The number of rotatable bonds is 4. The second-order valence-corrected chi connectivity index (χ2v) is 5.23. The molecule has 3 amide bonds. The summed E-state index contributed by atoms with van der Waals surface area (Å²) in [5, 5.41) is 5.22. The summed E-state index contributed by atoms with van der Waals surface area (Å²) in [6.45, 7) is 0.0586. The van der Waals surface area contributed by atoms with E-state index in [9.17, 15) is 14.4 Å². The van der Waals surface area contributed by atoms with E-state index in [2.05, 4.69) is 10.6 Å². The molecule has 20 heavy (non-hydrogen) atoms. The summed E-state index contributed by atoms with van der Waals surface area (Å²) < 4.78 is 0. The van der Waals surface area contributed by atoms with Crippen LogP contribution in [0.1, 0.15) is 10.4 Å². The highest BCUT2D eigenvalue weighted by Gasteiger charge is 2.22. The molecule has 1 aromatic carbocycles. The summed E-state index contributed by atoms with van der Waals surface area (Å²) in [5.74, 6) is 0.562. The average molecular weight is 293 g/mol. The molecule has 6 nitrogen and oxygen atoms in total. The molecule has 1 heterocycles. The molecule has 2 rings (SSSR count). The highest BCUT2D eigenvalue weighted by molar-refractivity contribution is 8.00. The van der Waals surface area contributed by atoms with Crippen LogP contribution in [0.2, 0.25) is 0 Å². The molecule has 0 atom stereocenters. The maximum Gasteiger partial charge on any atom is 0.251 e. The molecule has 7 heteroatoms. The molecule has 1 fully saturated rings. The van der Waals surface area contributed by atoms with Gasteiger partial charge in [0.05, 0.1) is 11.6 Å². The predicted molar refractivity (Wildman–Crippen MR) is 77.5 cm³/mol. The van der Waals surface area contributed by atoms with Gasteiger partial charge in [-0.3, -0.25) is 14.4 Å². The van der Waals surface area contributed by atoms with Gasteiger partial charge in [-0.15, -0.1) is 11.8 Å². The standard InChI is InChI=1S/C13H15N3O3S/c1-14-13(19)9-2-4-10(5-3-9)15-11(17)6-16-8-20-7-12(16)18/h2-5H,6-8H2,1H3,(H,14,19)(H,15,17). The topological polar surface area (TPSA) is 78.5 Å². The summed E-state index contributed by atoms with van der Waals surface area (Å²) in [6.07, 6.45) is 0. The van der Waals surface area contributed by atoms with Crippen molar-refractivity contribution in [2.75, 3.05) is 30.5 Å². The van der Waals surface area contributed by atoms with Crippen molar-refractivity contribution in [1.82, 2.24) is 10.2 Å². The van der Waals surface area contributed by atoms with Crippen LogP contribution in [0.4, 0.5) is 5.69 Å². The predicted octanol–water partition coefficient (Wildman–Crippen LogP) is 0.518. The lowest BCUT2D eigenvalue weighted by Gasteiger charge is -2.14. The molecule has 1 aliphatic heterocycles. The lowest BCUT2D eigenvalue weighted by molar-refractivity contribution is -0.130. The molecular formula is C13H15N3O3S. The number of hydrogen-bond donors (Lipinski definition) is 2. The molecule has 0 aromatic heterocycles. The molecule has 106 valence electrons. The fraction of sp³-hybridized carbons (Fsp3) is 0.308. The van der Waals surface area contributed by atoms with Gasteiger partial charge in [0, 0.05) is 18.3 Å². The first-order valence-corrected chi connectivity index (χ1v) is 7.23. The fourth-order valence-electron chi connectivity index (χ4n) is 1.76. The van der Waals surface area contributed by atoms with Crippen LogP contribution in [0.5, 0.6) is 0 Å². The molecular weight excluding hydrogens is 278 g/mol. The minimum Gasteiger partial charge on any atom is -0.355 e. The molecule has 1 aliphatic rings. The number of thioether (sulfide) groups is 1. The first-order valence-electron chi connectivity index (χ1n) is 6.07. The zero-order valence-electron chi connectivity index (χ0n) is 11.0. The van der Waals surface area contributed by atoms with Crippen molar-refractivity contribution >= 4 is 35.2 Å². The van der Waals surface area contributed by atoms with Gasteiger partial charge in [0.1, 0.15) is 6.54 Å². The number of nitrogens with one attached hydrogen (secondary N) is 2. The number of nitrogens with zero attached hydrogens (tertiary/aromatic N) is 1. The van der Waals surface area contributed by atoms with Gasteiger partial charge >= 0.3 is 0 Å². The van der Waals surface area contributed by atoms with Crippen molar-refractivity contribution < 1.29 is 14.4 Å². The van der Waals surface area contributed by atoms with Crippen LogP contribution in [0, 0.1) is 0 Å². The third kappa shape index (κ3) is 3.51. The van der Waals surface area contributed by atoms with Crippen LogP contribution >= 0.6 is 11.8 Å². The van der Waals surface area contributed by atoms with Crippen LogP contribution in [0.25, 0.3) is 0 Å². The number of hydrogen-bond acceptors (Lipinski definition) is 4. The summed E-state index contributed by atoms with van der Waals surface area (Å²) >= 11 is 1.50. The molecule has 0 radical (unpaired) electrons. The van der Waals surface area contributed by atoms with Gasteiger partial charge < -0.3 is 15.5 Å². The zero-order chi connectivity index (χ0) is 14.5. The Balaban J connectivity index is 1.91. The third-order valence-electron chi connectivity index (χ3n) is 2.82. The highest BCUT2D eigenvalue weighted by atomic mass is 32.2. The Labute approximate surface area is 120 Å². The van der Waals surface area contributed by atoms with Crippen LogP contribution in [0.15, 0.2) is 24.3 Å². The van der Waals surface area contributed by atoms with E-state index in [1.54, 1.807) is 31.3 Å². The van der Waals surface area contributed by atoms with Crippen molar-refractivity contribution in [3.8, 4) is 0 Å². The van der Waals surface area contributed by atoms with E-state index in [0.717, 1.165) is 0 Å². The molecule has 2 N–H and O–H groups in total. The Hall–Kier alpha value is -2.02. The lowest BCUT2D eigenvalue weighted by Crippen LogP contribution is -2.34. The summed E-state index contributed by atoms with van der Waals surface area (Å²) in [6, 6.07) is 6.57. The SMILES string of the molecule is CNC(=O)c1ccc(NC(=O)CN2CSCC2=O)cc1. The maximum absolute atomic E-state index is 11.8. The van der Waals surface area contributed by atoms with Gasteiger partial charge in [-0.1, -0.05) is 0 Å². The second kappa shape index (κ2) is 6.42. The normalized spacial score (nSPS) is 14.2. The van der Waals surface area contributed by atoms with Crippen LogP contribution < -0.4 is 10.6 Å². The van der Waals surface area contributed by atoms with Gasteiger partial charge in [0.2, 0.25) is 11.8 Å². The van der Waals surface area contributed by atoms with Gasteiger partial charge in [-0.05, 0) is 24.3 Å². The van der Waals surface area contributed by atoms with Crippen molar-refractivity contribution in [3.05, 3.63) is 29.8 Å². The lowest BCUT2D eigenvalue weighted by atomic mass is 10.2. The molecule has 0 saturated carbocycles. The van der Waals surface area contributed by atoms with E-state index >= 15 is 0 Å². The van der Waals surface area contributed by atoms with E-state index in [1.807, 2.05) is 0 Å². The largest absolute Gasteiger partial charge is 0.355 e. The van der Waals surface area contributed by atoms with E-state index < -0.39 is 0 Å². The summed E-state index contributed by atoms with van der Waals surface area (Å²) in [4.78, 5) is 36.1. The minimum atomic E-state index is -0.242. The highest BCUT2D eigenvalue weighted by Crippen LogP contribution is 2.15. The van der Waals surface area contributed by atoms with Crippen molar-refractivity contribution in [2.45, 2.75) is 0 Å². The number of amides is 3. The van der Waals surface area contributed by atoms with E-state index in [0.29, 0.717) is 22.9 Å². The monoisotopic (exact) mass is 293 g/mol. The van der Waals surface area contributed by atoms with Crippen molar-refractivity contribution in [3.63, 3.8) is 0 Å². The average Bonchev–Trinajstić information content (AvgIpc) is 2.84. The Bertz CT molecular complexity index is 530. The van der Waals surface area contributed by atoms with Crippen LogP contribution in [0.3, 0.4) is 0 Å². The Morgan fingerprint density at radius 3 is 2.55 bits per heavy atom. The molecule has 1 saturated heterocycles. The van der Waals surface area contributed by atoms with Crippen molar-refractivity contribution in [2.24, 2.45) is 0 Å². The van der Waals surface area contributed by atoms with Crippen molar-refractivity contribution in [1.29, 1.82) is 0 Å². The Morgan fingerprint density at radius 2 is 2.00 bits per heavy atom. The van der Waals surface area contributed by atoms with Gasteiger partial charge in [0.15, 0.2) is 0 Å². The molecule has 0 spiro atoms. The van der Waals surface area contributed by atoms with E-state index in [1.165, 1.54) is 16.7 Å². The van der Waals surface area contributed by atoms with E-state index in [4.69, 9.17) is 0 Å². The van der Waals surface area contributed by atoms with Crippen LogP contribution in [-0.4, -0.2) is 47.8 Å². The fourth-order valence-corrected chi connectivity index (χ4v) is 2.67. The second-order valence-electron chi connectivity index (χ2n) is 4.27. The van der Waals surface area contributed by atoms with E-state index in [-0.39, 0.29) is 24.3 Å². The zero-order valence-corrected chi connectivity index (χ0v) is 11.8. The number of benzene rings is 1. The smallest absolute Gasteiger partial charge is 0.251 e. The number of carbonyl (C=O) groups excluding carboxylic acids is 3. The molecule has 0 unspecified atom stereocenters. The number of anilines is 1. The first-order chi connectivity index (χ1) is 9.60. The third-order valence-corrected chi connectivity index (χ3v) is 3.76. The summed E-state index contributed by atoms with van der Waals surface area (Å²) in [5.41, 5.74) is 1.12. The maximum atomic E-state index is 11.8. The Kier molecular flexibility index (Phi) is 4.62. The van der Waals surface area contributed by atoms with Gasteiger partial charge in [-0.2, -0.15) is 0 Å². The minimum absolute atomic E-state index is 0.0138. The van der Waals surface area contributed by atoms with Gasteiger partial charge in [-0.25, -0.2) is 0 Å². The summed E-state index contributed by atoms with van der Waals surface area (Å²) in [7, 11) is 1.56. The van der Waals surface area contributed by atoms with Gasteiger partial charge in [0.25, 0.3) is 5.91 Å². The quantitative estimate of drug-likeness (QED) is 0.848. The molecule has 1 aromatic rings.